The van der Waals surface area contributed by atoms with Crippen LogP contribution in [0.3, 0.4) is 0 Å². The van der Waals surface area contributed by atoms with E-state index in [1.54, 1.807) is 7.11 Å². The van der Waals surface area contributed by atoms with E-state index in [-0.39, 0.29) is 30.5 Å². The van der Waals surface area contributed by atoms with Gasteiger partial charge in [0.2, 0.25) is 0 Å². The minimum absolute atomic E-state index is 0.0568. The number of hydrogen-bond acceptors (Lipinski definition) is 6. The van der Waals surface area contributed by atoms with Crippen molar-refractivity contribution in [3.63, 3.8) is 0 Å². The van der Waals surface area contributed by atoms with Gasteiger partial charge in [-0.15, -0.1) is 0 Å². The highest BCUT2D eigenvalue weighted by Crippen LogP contribution is 2.60. The van der Waals surface area contributed by atoms with Gasteiger partial charge in [0, 0.05) is 18.6 Å². The van der Waals surface area contributed by atoms with Gasteiger partial charge < -0.3 is 23.4 Å². The number of carbonyl (C=O) groups is 1. The second-order valence-electron chi connectivity index (χ2n) is 7.83. The summed E-state index contributed by atoms with van der Waals surface area (Å²) < 4.78 is 28.8. The van der Waals surface area contributed by atoms with E-state index in [0.29, 0.717) is 18.8 Å². The maximum absolute atomic E-state index is 13.2. The van der Waals surface area contributed by atoms with Gasteiger partial charge in [-0.1, -0.05) is 20.4 Å². The first-order chi connectivity index (χ1) is 12.7. The normalized spacial score (nSPS) is 33.9. The monoisotopic (exact) mass is 378 g/mol. The minimum atomic E-state index is -1.04. The highest BCUT2D eigenvalue weighted by Gasteiger charge is 2.73. The molecule has 2 aliphatic heterocycles. The minimum Gasteiger partial charge on any atom is -0.466 e. The van der Waals surface area contributed by atoms with Gasteiger partial charge in [0.1, 0.15) is 29.5 Å². The molecule has 5 atom stereocenters. The molecule has 0 aromatic carbocycles. The number of ether oxygens (including phenoxy) is 4. The van der Waals surface area contributed by atoms with Crippen molar-refractivity contribution in [3.05, 3.63) is 35.3 Å². The fraction of sp³-hybridized carbons (Fsp3) is 0.667. The molecule has 150 valence electrons. The molecule has 0 aliphatic carbocycles. The number of Topliss-reactive ketones (excluding diaryl/α,β-unsaturated/α-hetero) is 1. The summed E-state index contributed by atoms with van der Waals surface area (Å²) in [7, 11) is 1.62. The molecule has 0 radical (unpaired) electrons. The van der Waals surface area contributed by atoms with Crippen LogP contribution >= 0.6 is 0 Å². The number of ketones is 1. The summed E-state index contributed by atoms with van der Waals surface area (Å²) in [6.07, 6.45) is -0.330. The maximum atomic E-state index is 13.2. The van der Waals surface area contributed by atoms with Gasteiger partial charge in [0.05, 0.1) is 25.2 Å². The van der Waals surface area contributed by atoms with Gasteiger partial charge in [0.15, 0.2) is 5.78 Å². The zero-order chi connectivity index (χ0) is 20.0. The van der Waals surface area contributed by atoms with Crippen molar-refractivity contribution in [2.75, 3.05) is 27.1 Å². The first-order valence-electron chi connectivity index (χ1n) is 9.39. The van der Waals surface area contributed by atoms with E-state index >= 15 is 0 Å². The van der Waals surface area contributed by atoms with Crippen LogP contribution in [0.25, 0.3) is 0 Å². The Morgan fingerprint density at radius 2 is 2.04 bits per heavy atom. The van der Waals surface area contributed by atoms with Crippen molar-refractivity contribution in [2.24, 2.45) is 5.92 Å². The second kappa shape index (κ2) is 7.17. The van der Waals surface area contributed by atoms with E-state index in [0.717, 1.165) is 17.1 Å². The lowest BCUT2D eigenvalue weighted by atomic mass is 9.65. The topological polar surface area (TPSA) is 67.1 Å². The van der Waals surface area contributed by atoms with Crippen molar-refractivity contribution in [3.8, 4) is 0 Å². The average molecular weight is 378 g/mol. The predicted octanol–water partition coefficient (Wildman–Crippen LogP) is 3.31. The van der Waals surface area contributed by atoms with Gasteiger partial charge in [-0.2, -0.15) is 0 Å². The van der Waals surface area contributed by atoms with Crippen LogP contribution in [-0.2, 0) is 23.7 Å². The zero-order valence-corrected chi connectivity index (χ0v) is 17.1. The molecule has 3 heterocycles. The largest absolute Gasteiger partial charge is 0.466 e. The van der Waals surface area contributed by atoms with E-state index in [2.05, 4.69) is 6.58 Å². The highest BCUT2D eigenvalue weighted by molar-refractivity contribution is 6.07. The Hall–Kier alpha value is -1.47. The summed E-state index contributed by atoms with van der Waals surface area (Å²) in [4.78, 5) is 13.2. The third kappa shape index (κ3) is 2.90. The van der Waals surface area contributed by atoms with Crippen LogP contribution in [0.2, 0.25) is 0 Å². The third-order valence-corrected chi connectivity index (χ3v) is 6.16. The molecule has 2 bridgehead atoms. The smallest absolute Gasteiger partial charge is 0.194 e. The molecule has 2 saturated heterocycles. The summed E-state index contributed by atoms with van der Waals surface area (Å²) >= 11 is 0. The molecule has 27 heavy (non-hydrogen) atoms. The second-order valence-corrected chi connectivity index (χ2v) is 7.83. The molecule has 0 amide bonds. The van der Waals surface area contributed by atoms with Crippen molar-refractivity contribution >= 4 is 5.78 Å². The van der Waals surface area contributed by atoms with Gasteiger partial charge >= 0.3 is 0 Å². The number of furan rings is 1. The number of hydrogen-bond donors (Lipinski definition) is 0. The van der Waals surface area contributed by atoms with E-state index in [4.69, 9.17) is 23.4 Å². The molecular weight excluding hydrogens is 348 g/mol. The first kappa shape index (κ1) is 20.3. The standard InChI is InChI=1S/C21H30O6/c1-12-10-13(2)26-17(12)14(3)21-16(5)19(25-11-24-9-8-23-7)20(6,27-21)15(4)18(21)22/h10,14,16,19H,4,8-9,11H2,1-3,5-7H3/t14-,16-,19-,20+,21+/m0/s1. The lowest BCUT2D eigenvalue weighted by molar-refractivity contribution is -0.137. The Morgan fingerprint density at radius 1 is 1.33 bits per heavy atom. The summed E-state index contributed by atoms with van der Waals surface area (Å²) in [5.74, 6) is 1.12. The number of methoxy groups -OCH3 is 1. The fourth-order valence-corrected chi connectivity index (χ4v) is 4.74. The maximum Gasteiger partial charge on any atom is 0.194 e. The van der Waals surface area contributed by atoms with E-state index in [1.165, 1.54) is 0 Å². The van der Waals surface area contributed by atoms with Gasteiger partial charge in [0.25, 0.3) is 0 Å². The molecule has 1 aromatic rings. The molecule has 6 nitrogen and oxygen atoms in total. The molecule has 2 aliphatic rings. The average Bonchev–Trinajstić information content (AvgIpc) is 3.15. The number of fused-ring (bicyclic) bond motifs is 2. The quantitative estimate of drug-likeness (QED) is 0.393. The van der Waals surface area contributed by atoms with Crippen molar-refractivity contribution in [1.82, 2.24) is 0 Å². The van der Waals surface area contributed by atoms with Crippen LogP contribution in [-0.4, -0.2) is 50.2 Å². The summed E-state index contributed by atoms with van der Waals surface area (Å²) in [6, 6.07) is 1.98. The SMILES string of the molecule is C=C1C(=O)[C@]2([C@@H](C)c3oc(C)cc3C)O[C@@]1(C)[C@@H](OCOCCOC)[C@@H]2C. The predicted molar refractivity (Wildman–Crippen MR) is 99.7 cm³/mol. The molecule has 0 unspecified atom stereocenters. The Kier molecular flexibility index (Phi) is 5.38. The number of aryl methyl sites for hydroxylation is 2. The Bertz CT molecular complexity index is 737. The Morgan fingerprint density at radius 3 is 2.63 bits per heavy atom. The molecule has 6 heteroatoms. The number of rotatable bonds is 8. The van der Waals surface area contributed by atoms with Gasteiger partial charge in [-0.3, -0.25) is 4.79 Å². The number of carbonyl (C=O) groups excluding carboxylic acids is 1. The van der Waals surface area contributed by atoms with Crippen molar-refractivity contribution < 1.29 is 28.2 Å². The molecule has 0 saturated carbocycles. The summed E-state index contributed by atoms with van der Waals surface area (Å²) in [6.45, 7) is 14.8. The van der Waals surface area contributed by atoms with Gasteiger partial charge in [-0.05, 0) is 32.4 Å². The molecular formula is C21H30O6. The van der Waals surface area contributed by atoms with Gasteiger partial charge in [-0.25, -0.2) is 0 Å². The molecule has 2 fully saturated rings. The fourth-order valence-electron chi connectivity index (χ4n) is 4.74. The molecule has 1 aromatic heterocycles. The molecule has 0 spiro atoms. The van der Waals surface area contributed by atoms with Crippen LogP contribution in [0.4, 0.5) is 0 Å². The summed E-state index contributed by atoms with van der Waals surface area (Å²) in [5, 5.41) is 0. The zero-order valence-electron chi connectivity index (χ0n) is 17.1. The molecule has 3 rings (SSSR count). The van der Waals surface area contributed by atoms with Crippen LogP contribution < -0.4 is 0 Å². The van der Waals surface area contributed by atoms with Crippen LogP contribution in [0.1, 0.15) is 43.8 Å². The van der Waals surface area contributed by atoms with Crippen LogP contribution in [0.5, 0.6) is 0 Å². The van der Waals surface area contributed by atoms with Crippen LogP contribution in [0, 0.1) is 19.8 Å². The molecule has 0 N–H and O–H groups in total. The van der Waals surface area contributed by atoms with Crippen molar-refractivity contribution in [2.45, 2.75) is 57.8 Å². The van der Waals surface area contributed by atoms with Crippen molar-refractivity contribution in [1.29, 1.82) is 0 Å². The first-order valence-corrected chi connectivity index (χ1v) is 9.39. The Balaban J connectivity index is 1.87. The lowest BCUT2D eigenvalue weighted by Crippen LogP contribution is -2.53. The Labute approximate surface area is 160 Å². The van der Waals surface area contributed by atoms with E-state index in [1.807, 2.05) is 40.7 Å². The lowest BCUT2D eigenvalue weighted by Gasteiger charge is -2.38. The third-order valence-electron chi connectivity index (χ3n) is 6.16. The highest BCUT2D eigenvalue weighted by atomic mass is 16.7. The van der Waals surface area contributed by atoms with E-state index in [9.17, 15) is 4.79 Å². The van der Waals surface area contributed by atoms with E-state index < -0.39 is 11.2 Å². The summed E-state index contributed by atoms with van der Waals surface area (Å²) in [5.41, 5.74) is -0.442. The van der Waals surface area contributed by atoms with Crippen LogP contribution in [0.15, 0.2) is 22.6 Å².